The fourth-order valence-electron chi connectivity index (χ4n) is 2.53. The molecule has 0 fully saturated rings. The molecule has 0 spiro atoms. The monoisotopic (exact) mass is 395 g/mol. The van der Waals surface area contributed by atoms with E-state index in [1.54, 1.807) is 43.1 Å². The summed E-state index contributed by atoms with van der Waals surface area (Å²) >= 11 is 12.0. The Morgan fingerprint density at radius 1 is 1.23 bits per heavy atom. The molecule has 0 radical (unpaired) electrons. The minimum absolute atomic E-state index is 0.0590. The third kappa shape index (κ3) is 4.94. The van der Waals surface area contributed by atoms with Crippen LogP contribution < -0.4 is 5.32 Å². The molecule has 0 unspecified atom stereocenters. The van der Waals surface area contributed by atoms with Gasteiger partial charge in [-0.1, -0.05) is 35.3 Å². The number of nitrogens with zero attached hydrogens (tertiary/aromatic N) is 2. The predicted molar refractivity (Wildman–Crippen MR) is 104 cm³/mol. The molecule has 6 nitrogen and oxygen atoms in total. The zero-order valence-corrected chi connectivity index (χ0v) is 16.2. The van der Waals surface area contributed by atoms with Crippen molar-refractivity contribution in [3.8, 4) is 0 Å². The number of carbonyl (C=O) groups excluding carboxylic acids is 1. The normalized spacial score (nSPS) is 10.8. The molecule has 0 aliphatic heterocycles. The van der Waals surface area contributed by atoms with Crippen molar-refractivity contribution in [2.45, 2.75) is 20.4 Å². The number of benzene rings is 2. The summed E-state index contributed by atoms with van der Waals surface area (Å²) in [7, 11) is 1.77. The molecule has 138 valence electrons. The minimum atomic E-state index is -0.501. The first kappa shape index (κ1) is 20.2. The van der Waals surface area contributed by atoms with E-state index in [1.807, 2.05) is 6.92 Å². The molecule has 0 aliphatic rings. The van der Waals surface area contributed by atoms with Gasteiger partial charge in [-0.05, 0) is 49.7 Å². The molecule has 0 saturated heterocycles. The van der Waals surface area contributed by atoms with Crippen LogP contribution in [-0.4, -0.2) is 29.3 Å². The van der Waals surface area contributed by atoms with Crippen molar-refractivity contribution in [1.29, 1.82) is 0 Å². The molecule has 1 N–H and O–H groups in total. The topological polar surface area (TPSA) is 75.5 Å². The highest BCUT2D eigenvalue weighted by atomic mass is 35.5. The van der Waals surface area contributed by atoms with Gasteiger partial charge in [0.15, 0.2) is 0 Å². The summed E-state index contributed by atoms with van der Waals surface area (Å²) in [6.45, 7) is 4.08. The number of rotatable bonds is 6. The lowest BCUT2D eigenvalue weighted by atomic mass is 10.1. The third-order valence-electron chi connectivity index (χ3n) is 4.04. The summed E-state index contributed by atoms with van der Waals surface area (Å²) in [5.41, 5.74) is 2.50. The number of nitro groups is 1. The van der Waals surface area contributed by atoms with Crippen molar-refractivity contribution in [2.24, 2.45) is 0 Å². The fraction of sp³-hybridized carbons (Fsp3) is 0.278. The molecular weight excluding hydrogens is 377 g/mol. The quantitative estimate of drug-likeness (QED) is 0.573. The number of nitrogens with one attached hydrogen (secondary N) is 1. The number of hydrogen-bond donors (Lipinski definition) is 1. The Hall–Kier alpha value is -2.15. The maximum absolute atomic E-state index is 12.4. The highest BCUT2D eigenvalue weighted by Crippen LogP contribution is 2.30. The minimum Gasteiger partial charge on any atom is -0.319 e. The van der Waals surface area contributed by atoms with Gasteiger partial charge in [0.1, 0.15) is 5.69 Å². The predicted octanol–water partition coefficient (Wildman–Crippen LogP) is 4.59. The maximum atomic E-state index is 12.4. The average Bonchev–Trinajstić information content (AvgIpc) is 2.54. The fourth-order valence-corrected chi connectivity index (χ4v) is 3.00. The van der Waals surface area contributed by atoms with Crippen LogP contribution >= 0.6 is 23.2 Å². The van der Waals surface area contributed by atoms with Crippen molar-refractivity contribution < 1.29 is 9.72 Å². The Morgan fingerprint density at radius 3 is 2.54 bits per heavy atom. The van der Waals surface area contributed by atoms with Crippen molar-refractivity contribution in [3.05, 3.63) is 67.2 Å². The number of hydrogen-bond acceptors (Lipinski definition) is 4. The molecule has 2 aromatic rings. The molecule has 0 saturated carbocycles. The highest BCUT2D eigenvalue weighted by molar-refractivity contribution is 6.35. The Bertz CT molecular complexity index is 856. The highest BCUT2D eigenvalue weighted by Gasteiger charge is 2.20. The van der Waals surface area contributed by atoms with E-state index in [9.17, 15) is 14.9 Å². The van der Waals surface area contributed by atoms with Crippen molar-refractivity contribution in [2.75, 3.05) is 18.9 Å². The van der Waals surface area contributed by atoms with Crippen LogP contribution in [-0.2, 0) is 11.3 Å². The van der Waals surface area contributed by atoms with E-state index in [-0.39, 0.29) is 23.8 Å². The molecule has 0 heterocycles. The molecule has 2 aromatic carbocycles. The Labute approximate surface area is 161 Å². The first-order valence-corrected chi connectivity index (χ1v) is 8.61. The SMILES string of the molecule is Cc1ccc([N+](=O)[O-])c(NC(=O)CN(C)Cc2ccc(Cl)cc2Cl)c1C. The van der Waals surface area contributed by atoms with E-state index < -0.39 is 4.92 Å². The van der Waals surface area contributed by atoms with Gasteiger partial charge in [-0.25, -0.2) is 0 Å². The van der Waals surface area contributed by atoms with Gasteiger partial charge in [0.2, 0.25) is 5.91 Å². The average molecular weight is 396 g/mol. The number of amides is 1. The van der Waals surface area contributed by atoms with Crippen molar-refractivity contribution >= 4 is 40.5 Å². The lowest BCUT2D eigenvalue weighted by molar-refractivity contribution is -0.384. The summed E-state index contributed by atoms with van der Waals surface area (Å²) in [4.78, 5) is 24.8. The molecule has 0 aliphatic carbocycles. The van der Waals surface area contributed by atoms with Gasteiger partial charge in [0.25, 0.3) is 5.69 Å². The van der Waals surface area contributed by atoms with E-state index in [4.69, 9.17) is 23.2 Å². The lowest BCUT2D eigenvalue weighted by Gasteiger charge is -2.18. The summed E-state index contributed by atoms with van der Waals surface area (Å²) in [6, 6.07) is 8.24. The van der Waals surface area contributed by atoms with Gasteiger partial charge in [-0.2, -0.15) is 0 Å². The largest absolute Gasteiger partial charge is 0.319 e. The summed E-state index contributed by atoms with van der Waals surface area (Å²) < 4.78 is 0. The molecule has 0 bridgehead atoms. The first-order chi connectivity index (χ1) is 12.2. The second kappa shape index (κ2) is 8.49. The van der Waals surface area contributed by atoms with E-state index in [2.05, 4.69) is 5.32 Å². The molecular formula is C18H19Cl2N3O3. The van der Waals surface area contributed by atoms with Crippen LogP contribution in [0.2, 0.25) is 10.0 Å². The van der Waals surface area contributed by atoms with E-state index >= 15 is 0 Å². The standard InChI is InChI=1S/C18H19Cl2N3O3/c1-11-4-7-16(23(25)26)18(12(11)2)21-17(24)10-22(3)9-13-5-6-14(19)8-15(13)20/h4-8H,9-10H2,1-3H3,(H,21,24). The van der Waals surface area contributed by atoms with Gasteiger partial charge in [-0.3, -0.25) is 19.8 Å². The molecule has 8 heteroatoms. The Morgan fingerprint density at radius 2 is 1.92 bits per heavy atom. The van der Waals surface area contributed by atoms with Gasteiger partial charge in [-0.15, -0.1) is 0 Å². The van der Waals surface area contributed by atoms with Crippen LogP contribution in [0, 0.1) is 24.0 Å². The summed E-state index contributed by atoms with van der Waals surface area (Å²) in [6.07, 6.45) is 0. The Kier molecular flexibility index (Phi) is 6.58. The van der Waals surface area contributed by atoms with Gasteiger partial charge >= 0.3 is 0 Å². The van der Waals surface area contributed by atoms with Gasteiger partial charge < -0.3 is 5.32 Å². The summed E-state index contributed by atoms with van der Waals surface area (Å²) in [5.74, 6) is -0.339. The zero-order valence-electron chi connectivity index (χ0n) is 14.7. The summed E-state index contributed by atoms with van der Waals surface area (Å²) in [5, 5.41) is 14.9. The number of nitro benzene ring substituents is 1. The van der Waals surface area contributed by atoms with Crippen LogP contribution in [0.5, 0.6) is 0 Å². The van der Waals surface area contributed by atoms with Crippen molar-refractivity contribution in [3.63, 3.8) is 0 Å². The van der Waals surface area contributed by atoms with E-state index in [0.717, 1.165) is 11.1 Å². The van der Waals surface area contributed by atoms with Crippen LogP contribution in [0.15, 0.2) is 30.3 Å². The molecule has 1 amide bonds. The molecule has 0 atom stereocenters. The molecule has 26 heavy (non-hydrogen) atoms. The van der Waals surface area contributed by atoms with Gasteiger partial charge in [0, 0.05) is 22.7 Å². The van der Waals surface area contributed by atoms with Gasteiger partial charge in [0.05, 0.1) is 11.5 Å². The third-order valence-corrected chi connectivity index (χ3v) is 4.63. The van der Waals surface area contributed by atoms with Crippen LogP contribution in [0.4, 0.5) is 11.4 Å². The lowest BCUT2D eigenvalue weighted by Crippen LogP contribution is -2.30. The maximum Gasteiger partial charge on any atom is 0.293 e. The number of carbonyl (C=O) groups is 1. The van der Waals surface area contributed by atoms with Crippen LogP contribution in [0.1, 0.15) is 16.7 Å². The molecule has 2 rings (SSSR count). The zero-order chi connectivity index (χ0) is 19.4. The Balaban J connectivity index is 2.09. The van der Waals surface area contributed by atoms with Crippen LogP contribution in [0.25, 0.3) is 0 Å². The first-order valence-electron chi connectivity index (χ1n) is 7.86. The van der Waals surface area contributed by atoms with E-state index in [0.29, 0.717) is 22.2 Å². The number of anilines is 1. The van der Waals surface area contributed by atoms with Crippen molar-refractivity contribution in [1.82, 2.24) is 4.90 Å². The number of likely N-dealkylation sites (N-methyl/N-ethyl adjacent to an activating group) is 1. The van der Waals surface area contributed by atoms with E-state index in [1.165, 1.54) is 6.07 Å². The number of halogens is 2. The number of aryl methyl sites for hydroxylation is 1. The second-order valence-corrected chi connectivity index (χ2v) is 6.96. The molecule has 0 aromatic heterocycles. The van der Waals surface area contributed by atoms with Crippen LogP contribution in [0.3, 0.4) is 0 Å². The smallest absolute Gasteiger partial charge is 0.293 e. The second-order valence-electron chi connectivity index (χ2n) is 6.11.